The first kappa shape index (κ1) is 15.2. The van der Waals surface area contributed by atoms with Gasteiger partial charge in [-0.2, -0.15) is 9.97 Å². The number of aliphatic hydroxyl groups excluding tert-OH is 1. The number of hydrogen-bond acceptors (Lipinski definition) is 6. The van der Waals surface area contributed by atoms with Crippen LogP contribution in [0.3, 0.4) is 0 Å². The molecule has 0 spiro atoms. The van der Waals surface area contributed by atoms with E-state index >= 15 is 0 Å². The van der Waals surface area contributed by atoms with Crippen LogP contribution in [-0.2, 0) is 7.05 Å². The average Bonchev–Trinajstić information content (AvgIpc) is 2.95. The number of aryl methyl sites for hydroxylation is 1. The lowest BCUT2D eigenvalue weighted by molar-refractivity contribution is 0.271. The van der Waals surface area contributed by atoms with Gasteiger partial charge < -0.3 is 20.3 Å². The first-order valence-electron chi connectivity index (χ1n) is 7.59. The number of hydrogen-bond donors (Lipinski definition) is 3. The van der Waals surface area contributed by atoms with Crippen LogP contribution in [0.1, 0.15) is 13.3 Å². The van der Waals surface area contributed by atoms with E-state index in [1.54, 1.807) is 6.33 Å². The Hall–Kier alpha value is -2.67. The van der Waals surface area contributed by atoms with Crippen molar-refractivity contribution in [1.82, 2.24) is 19.5 Å². The van der Waals surface area contributed by atoms with Crippen molar-refractivity contribution in [3.05, 3.63) is 36.7 Å². The number of nitrogens with one attached hydrogen (secondary N) is 2. The second-order valence-electron chi connectivity index (χ2n) is 5.35. The summed E-state index contributed by atoms with van der Waals surface area (Å²) in [6, 6.07) is 9.72. The molecule has 0 aliphatic carbocycles. The lowest BCUT2D eigenvalue weighted by Gasteiger charge is -2.15. The molecule has 3 rings (SSSR count). The van der Waals surface area contributed by atoms with Crippen LogP contribution in [0.25, 0.3) is 11.2 Å². The second-order valence-corrected chi connectivity index (χ2v) is 5.35. The third-order valence-corrected chi connectivity index (χ3v) is 3.64. The van der Waals surface area contributed by atoms with Crippen LogP contribution in [0, 0.1) is 0 Å². The summed E-state index contributed by atoms with van der Waals surface area (Å²) in [6.45, 7) is 2.03. The molecule has 1 atom stereocenters. The summed E-state index contributed by atoms with van der Waals surface area (Å²) < 4.78 is 1.85. The van der Waals surface area contributed by atoms with E-state index in [1.165, 1.54) is 0 Å². The zero-order chi connectivity index (χ0) is 16.2. The SMILES string of the molecule is CC[C@H](CO)Nc1nc(Nc2ccccc2)c2ncn(C)c2n1. The zero-order valence-corrected chi connectivity index (χ0v) is 13.2. The molecular formula is C16H20N6O. The topological polar surface area (TPSA) is 87.9 Å². The molecule has 0 unspecified atom stereocenters. The van der Waals surface area contributed by atoms with E-state index in [2.05, 4.69) is 25.6 Å². The maximum Gasteiger partial charge on any atom is 0.227 e. The normalized spacial score (nSPS) is 12.3. The number of imidazole rings is 1. The van der Waals surface area contributed by atoms with Crippen LogP contribution in [0.5, 0.6) is 0 Å². The molecule has 0 saturated heterocycles. The minimum absolute atomic E-state index is 0.0325. The molecule has 3 N–H and O–H groups in total. The van der Waals surface area contributed by atoms with Crippen molar-refractivity contribution in [2.45, 2.75) is 19.4 Å². The van der Waals surface area contributed by atoms with Gasteiger partial charge in [0.05, 0.1) is 19.0 Å². The van der Waals surface area contributed by atoms with Gasteiger partial charge in [0.25, 0.3) is 0 Å². The van der Waals surface area contributed by atoms with E-state index in [0.717, 1.165) is 17.8 Å². The van der Waals surface area contributed by atoms with Crippen LogP contribution in [0.2, 0.25) is 0 Å². The molecule has 0 bridgehead atoms. The van der Waals surface area contributed by atoms with Crippen LogP contribution in [0.15, 0.2) is 36.7 Å². The van der Waals surface area contributed by atoms with Crippen molar-refractivity contribution in [2.75, 3.05) is 17.2 Å². The van der Waals surface area contributed by atoms with E-state index < -0.39 is 0 Å². The molecule has 0 saturated carbocycles. The Morgan fingerprint density at radius 2 is 2.00 bits per heavy atom. The van der Waals surface area contributed by atoms with Gasteiger partial charge in [-0.1, -0.05) is 25.1 Å². The number of rotatable bonds is 6. The fraction of sp³-hybridized carbons (Fsp3) is 0.312. The molecule has 7 heteroatoms. The molecule has 7 nitrogen and oxygen atoms in total. The van der Waals surface area contributed by atoms with Gasteiger partial charge >= 0.3 is 0 Å². The largest absolute Gasteiger partial charge is 0.394 e. The van der Waals surface area contributed by atoms with Crippen molar-refractivity contribution < 1.29 is 5.11 Å². The Bertz CT molecular complexity index is 782. The molecule has 23 heavy (non-hydrogen) atoms. The van der Waals surface area contributed by atoms with Crippen molar-refractivity contribution >= 4 is 28.6 Å². The number of aromatic nitrogens is 4. The summed E-state index contributed by atoms with van der Waals surface area (Å²) in [5.74, 6) is 1.11. The fourth-order valence-corrected chi connectivity index (χ4v) is 2.28. The van der Waals surface area contributed by atoms with Crippen LogP contribution in [-0.4, -0.2) is 37.3 Å². The molecule has 1 aromatic carbocycles. The fourth-order valence-electron chi connectivity index (χ4n) is 2.28. The highest BCUT2D eigenvalue weighted by molar-refractivity contribution is 5.86. The van der Waals surface area contributed by atoms with Gasteiger partial charge in [0.15, 0.2) is 17.0 Å². The summed E-state index contributed by atoms with van der Waals surface area (Å²) in [5, 5.41) is 15.8. The van der Waals surface area contributed by atoms with E-state index in [9.17, 15) is 5.11 Å². The minimum atomic E-state index is -0.0785. The lowest BCUT2D eigenvalue weighted by Crippen LogP contribution is -2.24. The molecule has 0 aliphatic rings. The van der Waals surface area contributed by atoms with E-state index in [-0.39, 0.29) is 12.6 Å². The summed E-state index contributed by atoms with van der Waals surface area (Å²) in [5.41, 5.74) is 2.37. The first-order chi connectivity index (χ1) is 11.2. The third kappa shape index (κ3) is 3.24. The molecule has 0 aliphatic heterocycles. The predicted octanol–water partition coefficient (Wildman–Crippen LogP) is 2.29. The molecule has 120 valence electrons. The quantitative estimate of drug-likeness (QED) is 0.647. The number of anilines is 3. The van der Waals surface area contributed by atoms with Gasteiger partial charge in [-0.25, -0.2) is 4.98 Å². The Labute approximate surface area is 134 Å². The molecule has 0 radical (unpaired) electrons. The van der Waals surface area contributed by atoms with Crippen molar-refractivity contribution in [3.8, 4) is 0 Å². The summed E-state index contributed by atoms with van der Waals surface area (Å²) >= 11 is 0. The number of para-hydroxylation sites is 1. The number of nitrogens with zero attached hydrogens (tertiary/aromatic N) is 4. The third-order valence-electron chi connectivity index (χ3n) is 3.64. The molecule has 0 fully saturated rings. The average molecular weight is 312 g/mol. The van der Waals surface area contributed by atoms with Gasteiger partial charge in [-0.05, 0) is 18.6 Å². The lowest BCUT2D eigenvalue weighted by atomic mass is 10.2. The molecule has 2 aromatic heterocycles. The van der Waals surface area contributed by atoms with Crippen LogP contribution in [0.4, 0.5) is 17.5 Å². The van der Waals surface area contributed by atoms with Crippen molar-refractivity contribution in [3.63, 3.8) is 0 Å². The molecule has 0 amide bonds. The molecule has 3 aromatic rings. The van der Waals surface area contributed by atoms with Crippen molar-refractivity contribution in [1.29, 1.82) is 0 Å². The second kappa shape index (κ2) is 6.62. The monoisotopic (exact) mass is 312 g/mol. The Balaban J connectivity index is 2.01. The minimum Gasteiger partial charge on any atom is -0.394 e. The number of benzene rings is 1. The van der Waals surface area contributed by atoms with E-state index in [4.69, 9.17) is 0 Å². The maximum absolute atomic E-state index is 9.37. The Morgan fingerprint density at radius 3 is 2.70 bits per heavy atom. The maximum atomic E-state index is 9.37. The van der Waals surface area contributed by atoms with Crippen molar-refractivity contribution in [2.24, 2.45) is 7.05 Å². The summed E-state index contributed by atoms with van der Waals surface area (Å²) in [6.07, 6.45) is 2.49. The molecular weight excluding hydrogens is 292 g/mol. The van der Waals surface area contributed by atoms with E-state index in [0.29, 0.717) is 17.3 Å². The van der Waals surface area contributed by atoms with Crippen LogP contribution >= 0.6 is 0 Å². The van der Waals surface area contributed by atoms with Gasteiger partial charge in [0.1, 0.15) is 0 Å². The highest BCUT2D eigenvalue weighted by atomic mass is 16.3. The Morgan fingerprint density at radius 1 is 1.22 bits per heavy atom. The van der Waals surface area contributed by atoms with Crippen LogP contribution < -0.4 is 10.6 Å². The first-order valence-corrected chi connectivity index (χ1v) is 7.59. The van der Waals surface area contributed by atoms with Gasteiger partial charge in [0, 0.05) is 12.7 Å². The van der Waals surface area contributed by atoms with Gasteiger partial charge in [-0.3, -0.25) is 0 Å². The smallest absolute Gasteiger partial charge is 0.227 e. The summed E-state index contributed by atoms with van der Waals surface area (Å²) in [7, 11) is 1.89. The highest BCUT2D eigenvalue weighted by Gasteiger charge is 2.14. The number of fused-ring (bicyclic) bond motifs is 1. The highest BCUT2D eigenvalue weighted by Crippen LogP contribution is 2.24. The Kier molecular flexibility index (Phi) is 4.38. The zero-order valence-electron chi connectivity index (χ0n) is 13.2. The predicted molar refractivity (Wildman–Crippen MR) is 90.8 cm³/mol. The standard InChI is InChI=1S/C16H20N6O/c1-3-11(9-23)19-16-20-14(18-12-7-5-4-6-8-12)13-15(21-16)22(2)10-17-13/h4-8,10-11,23H,3,9H2,1-2H3,(H2,18,19,20,21)/t11-/m1/s1. The number of aliphatic hydroxyl groups is 1. The van der Waals surface area contributed by atoms with Gasteiger partial charge in [-0.15, -0.1) is 0 Å². The summed E-state index contributed by atoms with van der Waals surface area (Å²) in [4.78, 5) is 13.4. The van der Waals surface area contributed by atoms with E-state index in [1.807, 2.05) is 48.9 Å². The van der Waals surface area contributed by atoms with Gasteiger partial charge in [0.2, 0.25) is 5.95 Å². The molecule has 2 heterocycles.